The molecule has 1 aromatic carbocycles. The molecule has 3 aromatic rings. The first kappa shape index (κ1) is 21.8. The minimum Gasteiger partial charge on any atom is -0.360 e. The van der Waals surface area contributed by atoms with Crippen LogP contribution in [0.25, 0.3) is 0 Å². The summed E-state index contributed by atoms with van der Waals surface area (Å²) in [5.41, 5.74) is 1.15. The number of rotatable bonds is 11. The maximum Gasteiger partial charge on any atom is 0.230 e. The van der Waals surface area contributed by atoms with Crippen LogP contribution in [0.2, 0.25) is 0 Å². The molecular formula is C21H26N4OS3. The molecule has 29 heavy (non-hydrogen) atoms. The van der Waals surface area contributed by atoms with Crippen molar-refractivity contribution in [2.24, 2.45) is 5.92 Å². The molecule has 2 aromatic heterocycles. The van der Waals surface area contributed by atoms with Gasteiger partial charge in [0.15, 0.2) is 4.34 Å². The molecule has 154 valence electrons. The molecule has 0 aliphatic rings. The number of hydrogen-bond donors (Lipinski definition) is 2. The lowest BCUT2D eigenvalue weighted by molar-refractivity contribution is -0.119. The van der Waals surface area contributed by atoms with Crippen molar-refractivity contribution in [2.75, 3.05) is 17.6 Å². The molecule has 0 saturated heterocycles. The summed E-state index contributed by atoms with van der Waals surface area (Å²) >= 11 is 4.68. The zero-order valence-corrected chi connectivity index (χ0v) is 19.1. The Bertz CT molecular complexity index is 865. The predicted octanol–water partition coefficient (Wildman–Crippen LogP) is 5.25. The third-order valence-corrected chi connectivity index (χ3v) is 7.16. The Kier molecular flexibility index (Phi) is 8.52. The lowest BCUT2D eigenvalue weighted by atomic mass is 9.97. The van der Waals surface area contributed by atoms with Gasteiger partial charge in [-0.3, -0.25) is 4.79 Å². The van der Waals surface area contributed by atoms with E-state index in [1.54, 1.807) is 11.3 Å². The monoisotopic (exact) mass is 446 g/mol. The highest BCUT2D eigenvalue weighted by Crippen LogP contribution is 2.26. The number of anilines is 1. The minimum absolute atomic E-state index is 0.0203. The second-order valence-electron chi connectivity index (χ2n) is 7.08. The molecule has 1 unspecified atom stereocenters. The van der Waals surface area contributed by atoms with E-state index in [-0.39, 0.29) is 11.9 Å². The Balaban J connectivity index is 1.45. The van der Waals surface area contributed by atoms with Crippen molar-refractivity contribution in [2.45, 2.75) is 37.1 Å². The lowest BCUT2D eigenvalue weighted by Gasteiger charge is -2.21. The maximum atomic E-state index is 12.5. The summed E-state index contributed by atoms with van der Waals surface area (Å²) in [4.78, 5) is 13.9. The van der Waals surface area contributed by atoms with Gasteiger partial charge < -0.3 is 10.6 Å². The van der Waals surface area contributed by atoms with Gasteiger partial charge >= 0.3 is 0 Å². The fourth-order valence-corrected chi connectivity index (χ4v) is 5.18. The van der Waals surface area contributed by atoms with E-state index in [9.17, 15) is 4.79 Å². The molecule has 0 saturated carbocycles. The highest BCUT2D eigenvalue weighted by molar-refractivity contribution is 8.01. The Hall–Kier alpha value is -1.90. The topological polar surface area (TPSA) is 66.9 Å². The van der Waals surface area contributed by atoms with Crippen molar-refractivity contribution in [1.29, 1.82) is 0 Å². The molecule has 8 heteroatoms. The third-order valence-electron chi connectivity index (χ3n) is 4.21. The van der Waals surface area contributed by atoms with Gasteiger partial charge in [-0.2, -0.15) is 0 Å². The van der Waals surface area contributed by atoms with Crippen LogP contribution in [0.15, 0.2) is 52.2 Å². The van der Waals surface area contributed by atoms with Crippen LogP contribution in [0, 0.1) is 5.92 Å². The number of thiophene rings is 1. The Morgan fingerprint density at radius 3 is 2.69 bits per heavy atom. The van der Waals surface area contributed by atoms with E-state index >= 15 is 0 Å². The number of nitrogens with zero attached hydrogens (tertiary/aromatic N) is 2. The average molecular weight is 447 g/mol. The van der Waals surface area contributed by atoms with Crippen LogP contribution in [0.3, 0.4) is 0 Å². The van der Waals surface area contributed by atoms with Crippen LogP contribution in [0.1, 0.15) is 36.8 Å². The predicted molar refractivity (Wildman–Crippen MR) is 124 cm³/mol. The summed E-state index contributed by atoms with van der Waals surface area (Å²) in [5, 5.41) is 17.7. The number of nitrogens with one attached hydrogen (secondary N) is 2. The summed E-state index contributed by atoms with van der Waals surface area (Å²) in [5.74, 6) is 0.858. The van der Waals surface area contributed by atoms with E-state index in [4.69, 9.17) is 0 Å². The van der Waals surface area contributed by atoms with Crippen molar-refractivity contribution >= 4 is 45.5 Å². The van der Waals surface area contributed by atoms with E-state index in [0.717, 1.165) is 34.4 Å². The fraction of sp³-hybridized carbons (Fsp3) is 0.381. The largest absolute Gasteiger partial charge is 0.360 e. The molecular weight excluding hydrogens is 420 g/mol. The van der Waals surface area contributed by atoms with Gasteiger partial charge in [0.05, 0.1) is 11.8 Å². The average Bonchev–Trinajstić information content (AvgIpc) is 3.38. The Labute approximate surface area is 184 Å². The normalized spacial score (nSPS) is 12.1. The van der Waals surface area contributed by atoms with Crippen molar-refractivity contribution in [1.82, 2.24) is 15.5 Å². The number of hydrogen-bond acceptors (Lipinski definition) is 7. The van der Waals surface area contributed by atoms with Gasteiger partial charge in [-0.25, -0.2) is 0 Å². The first-order valence-electron chi connectivity index (χ1n) is 9.67. The SMILES string of the molecule is CC(C)CC(NC(=O)CSc1nnc(NCCc2cccs2)s1)c1ccccc1. The summed E-state index contributed by atoms with van der Waals surface area (Å²) in [6.07, 6.45) is 1.89. The Morgan fingerprint density at radius 2 is 1.97 bits per heavy atom. The van der Waals surface area contributed by atoms with Gasteiger partial charge in [-0.1, -0.05) is 73.3 Å². The third kappa shape index (κ3) is 7.45. The summed E-state index contributed by atoms with van der Waals surface area (Å²) in [6, 6.07) is 14.4. The van der Waals surface area contributed by atoms with Crippen molar-refractivity contribution in [3.63, 3.8) is 0 Å². The van der Waals surface area contributed by atoms with E-state index in [1.807, 2.05) is 18.2 Å². The van der Waals surface area contributed by atoms with E-state index in [0.29, 0.717) is 11.7 Å². The van der Waals surface area contributed by atoms with E-state index in [1.165, 1.54) is 28.0 Å². The smallest absolute Gasteiger partial charge is 0.230 e. The molecule has 0 spiro atoms. The molecule has 0 radical (unpaired) electrons. The fourth-order valence-electron chi connectivity index (χ4n) is 2.89. The van der Waals surface area contributed by atoms with Gasteiger partial charge in [0, 0.05) is 11.4 Å². The van der Waals surface area contributed by atoms with Crippen LogP contribution in [-0.2, 0) is 11.2 Å². The Morgan fingerprint density at radius 1 is 1.14 bits per heavy atom. The van der Waals surface area contributed by atoms with Crippen LogP contribution >= 0.6 is 34.4 Å². The highest BCUT2D eigenvalue weighted by Gasteiger charge is 2.17. The van der Waals surface area contributed by atoms with Crippen molar-refractivity contribution in [3.8, 4) is 0 Å². The molecule has 0 aliphatic heterocycles. The zero-order chi connectivity index (χ0) is 20.5. The van der Waals surface area contributed by atoms with E-state index < -0.39 is 0 Å². The molecule has 1 amide bonds. The second kappa shape index (κ2) is 11.3. The molecule has 0 aliphatic carbocycles. The molecule has 0 fully saturated rings. The first-order valence-corrected chi connectivity index (χ1v) is 12.3. The van der Waals surface area contributed by atoms with Crippen molar-refractivity contribution in [3.05, 3.63) is 58.3 Å². The number of thioether (sulfide) groups is 1. The molecule has 3 rings (SSSR count). The number of amides is 1. The zero-order valence-electron chi connectivity index (χ0n) is 16.6. The highest BCUT2D eigenvalue weighted by atomic mass is 32.2. The number of carbonyl (C=O) groups excluding carboxylic acids is 1. The van der Waals surface area contributed by atoms with Crippen LogP contribution in [0.5, 0.6) is 0 Å². The van der Waals surface area contributed by atoms with Gasteiger partial charge in [0.2, 0.25) is 11.0 Å². The first-order chi connectivity index (χ1) is 14.1. The molecule has 2 heterocycles. The summed E-state index contributed by atoms with van der Waals surface area (Å²) in [7, 11) is 0. The molecule has 1 atom stereocenters. The van der Waals surface area contributed by atoms with Gasteiger partial charge in [0.25, 0.3) is 0 Å². The van der Waals surface area contributed by atoms with E-state index in [2.05, 4.69) is 64.3 Å². The maximum absolute atomic E-state index is 12.5. The van der Waals surface area contributed by atoms with Crippen molar-refractivity contribution < 1.29 is 4.79 Å². The second-order valence-corrected chi connectivity index (χ2v) is 10.3. The standard InChI is InChI=1S/C21H26N4OS3/c1-15(2)13-18(16-7-4-3-5-8-16)23-19(26)14-28-21-25-24-20(29-21)22-11-10-17-9-6-12-27-17/h3-9,12,15,18H,10-11,13-14H2,1-2H3,(H,22,24)(H,23,26). The van der Waals surface area contributed by atoms with Gasteiger partial charge in [0.1, 0.15) is 0 Å². The summed E-state index contributed by atoms with van der Waals surface area (Å²) in [6.45, 7) is 5.17. The minimum atomic E-state index is 0.0203. The number of aromatic nitrogens is 2. The molecule has 2 N–H and O–H groups in total. The van der Waals surface area contributed by atoms with Crippen LogP contribution < -0.4 is 10.6 Å². The number of carbonyl (C=O) groups is 1. The van der Waals surface area contributed by atoms with Crippen LogP contribution in [-0.4, -0.2) is 28.4 Å². The van der Waals surface area contributed by atoms with Crippen LogP contribution in [0.4, 0.5) is 5.13 Å². The number of benzene rings is 1. The lowest BCUT2D eigenvalue weighted by Crippen LogP contribution is -2.30. The quantitative estimate of drug-likeness (QED) is 0.394. The van der Waals surface area contributed by atoms with Gasteiger partial charge in [-0.05, 0) is 35.8 Å². The molecule has 0 bridgehead atoms. The van der Waals surface area contributed by atoms with Gasteiger partial charge in [-0.15, -0.1) is 21.5 Å². The molecule has 5 nitrogen and oxygen atoms in total. The summed E-state index contributed by atoms with van der Waals surface area (Å²) < 4.78 is 0.805.